The summed E-state index contributed by atoms with van der Waals surface area (Å²) in [5.74, 6) is -1.06. The second-order valence-electron chi connectivity index (χ2n) is 4.04. The molecule has 0 fully saturated rings. The minimum atomic E-state index is -1.12. The number of benzene rings is 1. The first-order valence-corrected chi connectivity index (χ1v) is 5.99. The fourth-order valence-electron chi connectivity index (χ4n) is 1.09. The number of hydrogen-bond donors (Lipinski definition) is 2. The lowest BCUT2D eigenvalue weighted by atomic mass is 10.0. The van der Waals surface area contributed by atoms with Crippen LogP contribution in [0, 0.1) is 0 Å². The van der Waals surface area contributed by atoms with Gasteiger partial charge in [0.15, 0.2) is 0 Å². The molecule has 92 valence electrons. The highest BCUT2D eigenvalue weighted by molar-refractivity contribution is 9.10. The molecule has 1 aromatic carbocycles. The Morgan fingerprint density at radius 1 is 1.41 bits per heavy atom. The summed E-state index contributed by atoms with van der Waals surface area (Å²) in [6.07, 6.45) is 0. The molecule has 0 saturated carbocycles. The molecular formula is C11H12BrClN2O2. The van der Waals surface area contributed by atoms with Gasteiger partial charge in [0.2, 0.25) is 5.91 Å². The number of carbonyl (C=O) groups is 2. The van der Waals surface area contributed by atoms with Crippen molar-refractivity contribution in [1.29, 1.82) is 0 Å². The normalized spacial score (nSPS) is 11.1. The Labute approximate surface area is 113 Å². The molecule has 17 heavy (non-hydrogen) atoms. The zero-order chi connectivity index (χ0) is 13.2. The fourth-order valence-corrected chi connectivity index (χ4v) is 1.67. The third-order valence-corrected chi connectivity index (χ3v) is 3.53. The first-order valence-electron chi connectivity index (χ1n) is 4.82. The van der Waals surface area contributed by atoms with Gasteiger partial charge < -0.3 is 11.1 Å². The molecule has 0 saturated heterocycles. The quantitative estimate of drug-likeness (QED) is 0.895. The van der Waals surface area contributed by atoms with E-state index < -0.39 is 17.4 Å². The van der Waals surface area contributed by atoms with E-state index in [0.717, 1.165) is 0 Å². The highest BCUT2D eigenvalue weighted by Gasteiger charge is 2.28. The third kappa shape index (κ3) is 3.20. The second kappa shape index (κ2) is 5.06. The van der Waals surface area contributed by atoms with E-state index in [4.69, 9.17) is 17.3 Å². The molecule has 0 aromatic heterocycles. The Hall–Kier alpha value is -1.07. The second-order valence-corrected chi connectivity index (χ2v) is 5.28. The van der Waals surface area contributed by atoms with Crippen LogP contribution in [0.15, 0.2) is 22.7 Å². The Morgan fingerprint density at radius 3 is 2.53 bits per heavy atom. The van der Waals surface area contributed by atoms with Gasteiger partial charge in [-0.1, -0.05) is 17.7 Å². The molecule has 3 N–H and O–H groups in total. The van der Waals surface area contributed by atoms with Crippen LogP contribution >= 0.6 is 27.5 Å². The molecule has 0 aliphatic heterocycles. The van der Waals surface area contributed by atoms with Crippen LogP contribution in [0.2, 0.25) is 5.02 Å². The van der Waals surface area contributed by atoms with Gasteiger partial charge in [-0.25, -0.2) is 0 Å². The van der Waals surface area contributed by atoms with E-state index in [1.807, 2.05) is 0 Å². The highest BCUT2D eigenvalue weighted by Crippen LogP contribution is 2.26. The molecule has 0 bridgehead atoms. The summed E-state index contributed by atoms with van der Waals surface area (Å²) in [6, 6.07) is 4.97. The summed E-state index contributed by atoms with van der Waals surface area (Å²) in [5.41, 5.74) is 4.33. The van der Waals surface area contributed by atoms with Gasteiger partial charge in [-0.15, -0.1) is 0 Å². The minimum Gasteiger partial charge on any atom is -0.368 e. The van der Waals surface area contributed by atoms with Crippen molar-refractivity contribution in [2.75, 3.05) is 0 Å². The Bertz CT molecular complexity index is 475. The third-order valence-electron chi connectivity index (χ3n) is 2.24. The summed E-state index contributed by atoms with van der Waals surface area (Å²) in [5, 5.41) is 2.82. The number of rotatable bonds is 3. The molecule has 0 radical (unpaired) electrons. The molecular weight excluding hydrogens is 307 g/mol. The van der Waals surface area contributed by atoms with Crippen molar-refractivity contribution in [3.63, 3.8) is 0 Å². The van der Waals surface area contributed by atoms with Crippen molar-refractivity contribution >= 4 is 39.3 Å². The smallest absolute Gasteiger partial charge is 0.253 e. The molecule has 0 aliphatic rings. The highest BCUT2D eigenvalue weighted by atomic mass is 79.9. The average molecular weight is 320 g/mol. The topological polar surface area (TPSA) is 72.2 Å². The lowest BCUT2D eigenvalue weighted by Crippen LogP contribution is -2.53. The first kappa shape index (κ1) is 14.0. The van der Waals surface area contributed by atoms with Gasteiger partial charge in [0, 0.05) is 4.47 Å². The zero-order valence-corrected chi connectivity index (χ0v) is 11.7. The van der Waals surface area contributed by atoms with Crippen molar-refractivity contribution in [3.8, 4) is 0 Å². The molecule has 0 spiro atoms. The lowest BCUT2D eigenvalue weighted by molar-refractivity contribution is -0.122. The maximum atomic E-state index is 11.9. The van der Waals surface area contributed by atoms with Crippen LogP contribution in [0.25, 0.3) is 0 Å². The van der Waals surface area contributed by atoms with Crippen LogP contribution < -0.4 is 11.1 Å². The van der Waals surface area contributed by atoms with Gasteiger partial charge in [0.05, 0.1) is 10.6 Å². The number of primary amides is 1. The van der Waals surface area contributed by atoms with Crippen molar-refractivity contribution in [3.05, 3.63) is 33.3 Å². The van der Waals surface area contributed by atoms with Crippen LogP contribution in [0.3, 0.4) is 0 Å². The average Bonchev–Trinajstić information content (AvgIpc) is 2.21. The molecule has 1 rings (SSSR count). The monoisotopic (exact) mass is 318 g/mol. The molecule has 0 heterocycles. The van der Waals surface area contributed by atoms with Crippen molar-refractivity contribution in [2.45, 2.75) is 19.4 Å². The van der Waals surface area contributed by atoms with Crippen molar-refractivity contribution in [1.82, 2.24) is 5.32 Å². The van der Waals surface area contributed by atoms with E-state index in [1.54, 1.807) is 18.2 Å². The van der Waals surface area contributed by atoms with E-state index in [-0.39, 0.29) is 5.56 Å². The van der Waals surface area contributed by atoms with Gasteiger partial charge in [-0.05, 0) is 41.9 Å². The van der Waals surface area contributed by atoms with Gasteiger partial charge in [-0.2, -0.15) is 0 Å². The summed E-state index contributed by atoms with van der Waals surface area (Å²) in [6.45, 7) is 3.05. The zero-order valence-electron chi connectivity index (χ0n) is 9.38. The Morgan fingerprint density at radius 2 is 2.00 bits per heavy atom. The number of carbonyl (C=O) groups excluding carboxylic acids is 2. The fraction of sp³-hybridized carbons (Fsp3) is 0.273. The van der Waals surface area contributed by atoms with Gasteiger partial charge in [0.1, 0.15) is 5.54 Å². The molecule has 2 amide bonds. The SMILES string of the molecule is CC(C)(NC(=O)c1cccc(Br)c1Cl)C(N)=O. The summed E-state index contributed by atoms with van der Waals surface area (Å²) < 4.78 is 0.615. The van der Waals surface area contributed by atoms with Gasteiger partial charge >= 0.3 is 0 Å². The molecule has 1 aromatic rings. The predicted octanol–water partition coefficient (Wildman–Crippen LogP) is 2.10. The van der Waals surface area contributed by atoms with Crippen LogP contribution in [0.5, 0.6) is 0 Å². The minimum absolute atomic E-state index is 0.287. The van der Waals surface area contributed by atoms with E-state index >= 15 is 0 Å². The molecule has 0 unspecified atom stereocenters. The summed E-state index contributed by atoms with van der Waals surface area (Å²) in [4.78, 5) is 23.0. The largest absolute Gasteiger partial charge is 0.368 e. The maximum absolute atomic E-state index is 11.9. The predicted molar refractivity (Wildman–Crippen MR) is 69.9 cm³/mol. The Kier molecular flexibility index (Phi) is 4.16. The first-order chi connectivity index (χ1) is 7.75. The summed E-state index contributed by atoms with van der Waals surface area (Å²) >= 11 is 9.19. The van der Waals surface area contributed by atoms with Crippen LogP contribution in [-0.4, -0.2) is 17.4 Å². The van der Waals surface area contributed by atoms with E-state index in [1.165, 1.54) is 13.8 Å². The van der Waals surface area contributed by atoms with Crippen molar-refractivity contribution < 1.29 is 9.59 Å². The Balaban J connectivity index is 2.99. The van der Waals surface area contributed by atoms with E-state index in [0.29, 0.717) is 9.50 Å². The molecule has 6 heteroatoms. The molecule has 0 aliphatic carbocycles. The van der Waals surface area contributed by atoms with Crippen LogP contribution in [0.4, 0.5) is 0 Å². The number of halogens is 2. The number of nitrogens with one attached hydrogen (secondary N) is 1. The van der Waals surface area contributed by atoms with Crippen LogP contribution in [-0.2, 0) is 4.79 Å². The number of hydrogen-bond acceptors (Lipinski definition) is 2. The number of nitrogens with two attached hydrogens (primary N) is 1. The molecule has 0 atom stereocenters. The van der Waals surface area contributed by atoms with Crippen molar-refractivity contribution in [2.24, 2.45) is 5.73 Å². The number of amides is 2. The van der Waals surface area contributed by atoms with E-state index in [9.17, 15) is 9.59 Å². The standard InChI is InChI=1S/C11H12BrClN2O2/c1-11(2,10(14)17)15-9(16)6-4-3-5-7(12)8(6)13/h3-5H,1-2H3,(H2,14,17)(H,15,16). The molecule has 4 nitrogen and oxygen atoms in total. The van der Waals surface area contributed by atoms with Crippen LogP contribution in [0.1, 0.15) is 24.2 Å². The lowest BCUT2D eigenvalue weighted by Gasteiger charge is -2.22. The summed E-state index contributed by atoms with van der Waals surface area (Å²) in [7, 11) is 0. The van der Waals surface area contributed by atoms with Gasteiger partial charge in [0.25, 0.3) is 5.91 Å². The van der Waals surface area contributed by atoms with Gasteiger partial charge in [-0.3, -0.25) is 9.59 Å². The maximum Gasteiger partial charge on any atom is 0.253 e. The van der Waals surface area contributed by atoms with E-state index in [2.05, 4.69) is 21.2 Å².